The van der Waals surface area contributed by atoms with Crippen LogP contribution in [0.4, 0.5) is 0 Å². The van der Waals surface area contributed by atoms with Crippen molar-refractivity contribution in [2.45, 2.75) is 18.4 Å². The minimum atomic E-state index is -3.11. The lowest BCUT2D eigenvalue weighted by molar-refractivity contribution is 0.351. The second kappa shape index (κ2) is 2.55. The summed E-state index contributed by atoms with van der Waals surface area (Å²) in [6.07, 6.45) is 3.48. The third kappa shape index (κ3) is 1.39. The molecule has 2 rings (SSSR count). The Morgan fingerprint density at radius 2 is 1.92 bits per heavy atom. The molecule has 0 radical (unpaired) electrons. The summed E-state index contributed by atoms with van der Waals surface area (Å²) in [5.74, 6) is 0. The van der Waals surface area contributed by atoms with Crippen molar-refractivity contribution >= 4 is 10.0 Å². The van der Waals surface area contributed by atoms with Crippen LogP contribution in [0.3, 0.4) is 0 Å². The van der Waals surface area contributed by atoms with Gasteiger partial charge in [-0.3, -0.25) is 0 Å². The first-order chi connectivity index (χ1) is 5.62. The number of hydrogen-bond acceptors (Lipinski definition) is 3. The summed E-state index contributed by atoms with van der Waals surface area (Å²) in [4.78, 5) is 0. The van der Waals surface area contributed by atoms with Crippen LogP contribution < -0.4 is 10.0 Å². The molecule has 1 fully saturated rings. The van der Waals surface area contributed by atoms with Crippen LogP contribution in [0.1, 0.15) is 12.8 Å². The van der Waals surface area contributed by atoms with Gasteiger partial charge in [0, 0.05) is 5.41 Å². The molecule has 2 N–H and O–H groups in total. The molecule has 0 aromatic heterocycles. The van der Waals surface area contributed by atoms with Gasteiger partial charge < -0.3 is 5.32 Å². The maximum absolute atomic E-state index is 11.1. The van der Waals surface area contributed by atoms with Gasteiger partial charge in [-0.2, -0.15) is 0 Å². The monoisotopic (exact) mass is 188 g/mol. The normalized spacial score (nSPS) is 31.0. The third-order valence-corrected chi connectivity index (χ3v) is 3.59. The molecule has 0 unspecified atom stereocenters. The Balaban J connectivity index is 2.20. The summed E-state index contributed by atoms with van der Waals surface area (Å²) < 4.78 is 24.8. The molecule has 2 aliphatic heterocycles. The standard InChI is InChI=1S/C7H12N2O2S/c10-12(11)6-3-7(9-12)1-4-8-5-2-7/h3,6,8-9H,1-2,4-5H2. The molecule has 0 aliphatic carbocycles. The van der Waals surface area contributed by atoms with Crippen LogP contribution in [0.5, 0.6) is 0 Å². The summed E-state index contributed by atoms with van der Waals surface area (Å²) in [6, 6.07) is 0. The van der Waals surface area contributed by atoms with Crippen molar-refractivity contribution in [3.05, 3.63) is 11.5 Å². The number of sulfonamides is 1. The van der Waals surface area contributed by atoms with Gasteiger partial charge in [-0.05, 0) is 25.9 Å². The maximum Gasteiger partial charge on any atom is 0.234 e. The Morgan fingerprint density at radius 3 is 2.42 bits per heavy atom. The van der Waals surface area contributed by atoms with E-state index >= 15 is 0 Å². The molecule has 0 atom stereocenters. The van der Waals surface area contributed by atoms with Crippen molar-refractivity contribution in [1.82, 2.24) is 10.0 Å². The van der Waals surface area contributed by atoms with E-state index in [0.29, 0.717) is 0 Å². The molecule has 5 heteroatoms. The highest BCUT2D eigenvalue weighted by Gasteiger charge is 2.37. The first-order valence-electron chi connectivity index (χ1n) is 4.06. The zero-order valence-electron chi connectivity index (χ0n) is 6.71. The van der Waals surface area contributed by atoms with Crippen LogP contribution in [0, 0.1) is 0 Å². The highest BCUT2D eigenvalue weighted by Crippen LogP contribution is 2.25. The predicted molar refractivity (Wildman–Crippen MR) is 46.0 cm³/mol. The van der Waals surface area contributed by atoms with Crippen molar-refractivity contribution in [3.63, 3.8) is 0 Å². The van der Waals surface area contributed by atoms with E-state index in [0.717, 1.165) is 25.9 Å². The largest absolute Gasteiger partial charge is 0.317 e. The van der Waals surface area contributed by atoms with Crippen LogP contribution in [-0.2, 0) is 10.0 Å². The number of hydrogen-bond donors (Lipinski definition) is 2. The fraction of sp³-hybridized carbons (Fsp3) is 0.714. The third-order valence-electron chi connectivity index (χ3n) is 2.41. The topological polar surface area (TPSA) is 58.2 Å². The second-order valence-electron chi connectivity index (χ2n) is 3.36. The van der Waals surface area contributed by atoms with E-state index in [-0.39, 0.29) is 5.54 Å². The van der Waals surface area contributed by atoms with Gasteiger partial charge in [-0.25, -0.2) is 13.1 Å². The van der Waals surface area contributed by atoms with Gasteiger partial charge in [-0.1, -0.05) is 6.08 Å². The van der Waals surface area contributed by atoms with Crippen LogP contribution in [0.2, 0.25) is 0 Å². The molecule has 0 amide bonds. The maximum atomic E-state index is 11.1. The zero-order chi connectivity index (χ0) is 8.66. The van der Waals surface area contributed by atoms with E-state index in [4.69, 9.17) is 0 Å². The molecule has 12 heavy (non-hydrogen) atoms. The van der Waals surface area contributed by atoms with Gasteiger partial charge in [0.15, 0.2) is 0 Å². The predicted octanol–water partition coefficient (Wildman–Crippen LogP) is -0.445. The quantitative estimate of drug-likeness (QED) is 0.541. The van der Waals surface area contributed by atoms with Crippen LogP contribution >= 0.6 is 0 Å². The lowest BCUT2D eigenvalue weighted by atomic mass is 9.90. The molecule has 0 aromatic rings. The second-order valence-corrected chi connectivity index (χ2v) is 4.92. The summed E-state index contributed by atoms with van der Waals surface area (Å²) >= 11 is 0. The molecule has 0 saturated carbocycles. The van der Waals surface area contributed by atoms with Gasteiger partial charge in [0.25, 0.3) is 0 Å². The summed E-state index contributed by atoms with van der Waals surface area (Å²) in [7, 11) is -3.11. The summed E-state index contributed by atoms with van der Waals surface area (Å²) in [5.41, 5.74) is -0.274. The molecule has 0 aromatic carbocycles. The van der Waals surface area contributed by atoms with E-state index in [1.54, 1.807) is 6.08 Å². The number of nitrogens with one attached hydrogen (secondary N) is 2. The van der Waals surface area contributed by atoms with Crippen molar-refractivity contribution in [2.24, 2.45) is 0 Å². The molecule has 1 spiro atoms. The number of piperidine rings is 1. The number of rotatable bonds is 0. The Bertz CT molecular complexity index is 301. The Morgan fingerprint density at radius 1 is 1.25 bits per heavy atom. The lowest BCUT2D eigenvalue weighted by Gasteiger charge is -2.31. The highest BCUT2D eigenvalue weighted by atomic mass is 32.2. The Labute approximate surface area is 72.1 Å². The highest BCUT2D eigenvalue weighted by molar-refractivity contribution is 7.92. The van der Waals surface area contributed by atoms with Crippen molar-refractivity contribution in [2.75, 3.05) is 13.1 Å². The van der Waals surface area contributed by atoms with E-state index in [1.165, 1.54) is 5.41 Å². The summed E-state index contributed by atoms with van der Waals surface area (Å²) in [5, 5.41) is 4.47. The van der Waals surface area contributed by atoms with Gasteiger partial charge >= 0.3 is 0 Å². The van der Waals surface area contributed by atoms with Crippen LogP contribution in [-0.4, -0.2) is 27.0 Å². The minimum Gasteiger partial charge on any atom is -0.317 e. The fourth-order valence-electron chi connectivity index (χ4n) is 1.71. The SMILES string of the molecule is O=S1(=O)C=CC2(CCNCC2)N1. The summed E-state index contributed by atoms with van der Waals surface area (Å²) in [6.45, 7) is 1.76. The van der Waals surface area contributed by atoms with Gasteiger partial charge in [0.05, 0.1) is 5.54 Å². The van der Waals surface area contributed by atoms with Crippen LogP contribution in [0.15, 0.2) is 11.5 Å². The van der Waals surface area contributed by atoms with Crippen LogP contribution in [0.25, 0.3) is 0 Å². The van der Waals surface area contributed by atoms with E-state index in [9.17, 15) is 8.42 Å². The molecule has 2 heterocycles. The first-order valence-corrected chi connectivity index (χ1v) is 5.61. The van der Waals surface area contributed by atoms with Gasteiger partial charge in [0.2, 0.25) is 10.0 Å². The molecule has 68 valence electrons. The van der Waals surface area contributed by atoms with Crippen molar-refractivity contribution in [1.29, 1.82) is 0 Å². The van der Waals surface area contributed by atoms with E-state index < -0.39 is 10.0 Å². The minimum absolute atomic E-state index is 0.274. The Kier molecular flexibility index (Phi) is 1.75. The first kappa shape index (κ1) is 8.22. The molecule has 0 bridgehead atoms. The van der Waals surface area contributed by atoms with Crippen molar-refractivity contribution in [3.8, 4) is 0 Å². The van der Waals surface area contributed by atoms with Crippen molar-refractivity contribution < 1.29 is 8.42 Å². The average Bonchev–Trinajstić information content (AvgIpc) is 2.29. The zero-order valence-corrected chi connectivity index (χ0v) is 7.52. The smallest absolute Gasteiger partial charge is 0.234 e. The van der Waals surface area contributed by atoms with Gasteiger partial charge in [0.1, 0.15) is 0 Å². The van der Waals surface area contributed by atoms with Gasteiger partial charge in [-0.15, -0.1) is 0 Å². The van der Waals surface area contributed by atoms with E-state index in [1.807, 2.05) is 0 Å². The Hall–Kier alpha value is -0.390. The fourth-order valence-corrected chi connectivity index (χ4v) is 3.06. The molecule has 2 aliphatic rings. The lowest BCUT2D eigenvalue weighted by Crippen LogP contribution is -2.49. The van der Waals surface area contributed by atoms with E-state index in [2.05, 4.69) is 10.0 Å². The molecule has 1 saturated heterocycles. The molecule has 4 nitrogen and oxygen atoms in total. The average molecular weight is 188 g/mol. The molecular weight excluding hydrogens is 176 g/mol. The molecular formula is C7H12N2O2S.